The highest BCUT2D eigenvalue weighted by atomic mass is 32.2. The number of ether oxygens (including phenoxy) is 1. The Labute approximate surface area is 174 Å². The number of hydrogen-bond acceptors (Lipinski definition) is 6. The number of sulfone groups is 1. The molecule has 1 amide bonds. The van der Waals surface area contributed by atoms with Crippen LogP contribution in [-0.2, 0) is 16.4 Å². The Balaban J connectivity index is 1.43. The SMILES string of the molecule is Cc1nc(COc2ccc(C(=O)NCCCS(=O)(=O)c3ccccc3)cc2)cs1. The van der Waals surface area contributed by atoms with Crippen molar-refractivity contribution in [2.75, 3.05) is 12.3 Å². The van der Waals surface area contributed by atoms with Crippen molar-refractivity contribution >= 4 is 27.1 Å². The van der Waals surface area contributed by atoms with Gasteiger partial charge in [-0.2, -0.15) is 0 Å². The van der Waals surface area contributed by atoms with E-state index in [2.05, 4.69) is 10.3 Å². The quantitative estimate of drug-likeness (QED) is 0.524. The van der Waals surface area contributed by atoms with E-state index in [0.717, 1.165) is 10.7 Å². The molecule has 1 aromatic heterocycles. The number of nitrogens with zero attached hydrogens (tertiary/aromatic N) is 1. The summed E-state index contributed by atoms with van der Waals surface area (Å²) in [5.41, 5.74) is 1.37. The molecule has 0 radical (unpaired) electrons. The van der Waals surface area contributed by atoms with Crippen molar-refractivity contribution in [2.45, 2.75) is 24.8 Å². The fourth-order valence-corrected chi connectivity index (χ4v) is 4.58. The van der Waals surface area contributed by atoms with Gasteiger partial charge in [0.25, 0.3) is 5.91 Å². The van der Waals surface area contributed by atoms with Crippen LogP contribution in [0.15, 0.2) is 64.9 Å². The highest BCUT2D eigenvalue weighted by molar-refractivity contribution is 7.91. The minimum Gasteiger partial charge on any atom is -0.487 e. The summed E-state index contributed by atoms with van der Waals surface area (Å²) in [6.07, 6.45) is 0.344. The molecule has 0 aliphatic carbocycles. The van der Waals surface area contributed by atoms with Gasteiger partial charge in [0.15, 0.2) is 9.84 Å². The van der Waals surface area contributed by atoms with Crippen molar-refractivity contribution in [3.8, 4) is 5.75 Å². The summed E-state index contributed by atoms with van der Waals surface area (Å²) in [5, 5.41) is 5.70. The third-order valence-electron chi connectivity index (χ3n) is 4.15. The number of aromatic nitrogens is 1. The Morgan fingerprint density at radius 1 is 1.10 bits per heavy atom. The predicted molar refractivity (Wildman–Crippen MR) is 113 cm³/mol. The largest absolute Gasteiger partial charge is 0.487 e. The zero-order valence-electron chi connectivity index (χ0n) is 16.0. The van der Waals surface area contributed by atoms with Crippen LogP contribution in [0.5, 0.6) is 5.75 Å². The first-order valence-corrected chi connectivity index (χ1v) is 11.7. The molecule has 2 aromatic carbocycles. The molecule has 0 spiro atoms. The summed E-state index contributed by atoms with van der Waals surface area (Å²) in [5.74, 6) is 0.394. The van der Waals surface area contributed by atoms with E-state index in [9.17, 15) is 13.2 Å². The van der Waals surface area contributed by atoms with E-state index < -0.39 is 9.84 Å². The average molecular weight is 431 g/mol. The van der Waals surface area contributed by atoms with Gasteiger partial charge in [-0.3, -0.25) is 4.79 Å². The number of rotatable bonds is 9. The summed E-state index contributed by atoms with van der Waals surface area (Å²) < 4.78 is 30.1. The summed E-state index contributed by atoms with van der Waals surface area (Å²) in [6, 6.07) is 15.1. The van der Waals surface area contributed by atoms with Crippen LogP contribution in [0, 0.1) is 6.92 Å². The number of amides is 1. The van der Waals surface area contributed by atoms with E-state index in [0.29, 0.717) is 29.2 Å². The van der Waals surface area contributed by atoms with Gasteiger partial charge in [-0.05, 0) is 49.7 Å². The van der Waals surface area contributed by atoms with Gasteiger partial charge in [0, 0.05) is 17.5 Å². The minimum atomic E-state index is -3.33. The lowest BCUT2D eigenvalue weighted by Gasteiger charge is -2.08. The van der Waals surface area contributed by atoms with Crippen LogP contribution in [0.1, 0.15) is 27.5 Å². The van der Waals surface area contributed by atoms with E-state index in [1.54, 1.807) is 65.9 Å². The molecule has 0 saturated carbocycles. The van der Waals surface area contributed by atoms with Crippen LogP contribution in [0.2, 0.25) is 0 Å². The van der Waals surface area contributed by atoms with Gasteiger partial charge < -0.3 is 10.1 Å². The molecule has 0 aliphatic rings. The lowest BCUT2D eigenvalue weighted by molar-refractivity contribution is 0.0953. The maximum Gasteiger partial charge on any atom is 0.251 e. The van der Waals surface area contributed by atoms with Crippen LogP contribution < -0.4 is 10.1 Å². The third kappa shape index (κ3) is 6.13. The number of thiazole rings is 1. The summed E-state index contributed by atoms with van der Waals surface area (Å²) in [4.78, 5) is 16.9. The van der Waals surface area contributed by atoms with E-state index in [4.69, 9.17) is 4.74 Å². The third-order valence-corrected chi connectivity index (χ3v) is 6.79. The van der Waals surface area contributed by atoms with Crippen molar-refractivity contribution in [2.24, 2.45) is 0 Å². The molecule has 6 nitrogen and oxygen atoms in total. The molecule has 0 unspecified atom stereocenters. The molecule has 1 heterocycles. The number of carbonyl (C=O) groups is 1. The first kappa shape index (κ1) is 21.0. The number of aryl methyl sites for hydroxylation is 1. The van der Waals surface area contributed by atoms with Gasteiger partial charge in [-0.15, -0.1) is 11.3 Å². The Morgan fingerprint density at radius 2 is 1.83 bits per heavy atom. The molecule has 3 aromatic rings. The smallest absolute Gasteiger partial charge is 0.251 e. The van der Waals surface area contributed by atoms with Crippen molar-refractivity contribution in [1.29, 1.82) is 0 Å². The Bertz CT molecular complexity index is 1050. The predicted octanol–water partition coefficient (Wildman–Crippen LogP) is 3.62. The molecule has 0 atom stereocenters. The monoisotopic (exact) mass is 430 g/mol. The van der Waals surface area contributed by atoms with Crippen LogP contribution in [-0.4, -0.2) is 31.6 Å². The van der Waals surface area contributed by atoms with Crippen molar-refractivity contribution in [3.63, 3.8) is 0 Å². The molecule has 152 valence electrons. The second-order valence-corrected chi connectivity index (χ2v) is 9.58. The van der Waals surface area contributed by atoms with Crippen LogP contribution in [0.4, 0.5) is 0 Å². The number of carbonyl (C=O) groups excluding carboxylic acids is 1. The van der Waals surface area contributed by atoms with Gasteiger partial charge in [-0.1, -0.05) is 18.2 Å². The fourth-order valence-electron chi connectivity index (χ4n) is 2.65. The van der Waals surface area contributed by atoms with Gasteiger partial charge in [-0.25, -0.2) is 13.4 Å². The topological polar surface area (TPSA) is 85.4 Å². The Morgan fingerprint density at radius 3 is 2.48 bits per heavy atom. The zero-order valence-corrected chi connectivity index (χ0v) is 17.6. The average Bonchev–Trinajstić information content (AvgIpc) is 3.16. The van der Waals surface area contributed by atoms with Gasteiger partial charge >= 0.3 is 0 Å². The van der Waals surface area contributed by atoms with Crippen molar-refractivity contribution < 1.29 is 17.9 Å². The molecule has 29 heavy (non-hydrogen) atoms. The molecular formula is C21H22N2O4S2. The molecule has 0 saturated heterocycles. The maximum absolute atomic E-state index is 12.2. The first-order valence-electron chi connectivity index (χ1n) is 9.14. The van der Waals surface area contributed by atoms with Gasteiger partial charge in [0.2, 0.25) is 0 Å². The molecule has 1 N–H and O–H groups in total. The van der Waals surface area contributed by atoms with Gasteiger partial charge in [0.1, 0.15) is 12.4 Å². The van der Waals surface area contributed by atoms with E-state index in [-0.39, 0.29) is 18.2 Å². The highest BCUT2D eigenvalue weighted by Gasteiger charge is 2.13. The van der Waals surface area contributed by atoms with Gasteiger partial charge in [0.05, 0.1) is 21.3 Å². The Hall–Kier alpha value is -2.71. The molecule has 0 fully saturated rings. The molecule has 0 aliphatic heterocycles. The van der Waals surface area contributed by atoms with Crippen molar-refractivity contribution in [3.05, 3.63) is 76.2 Å². The van der Waals surface area contributed by atoms with E-state index in [1.807, 2.05) is 12.3 Å². The van der Waals surface area contributed by atoms with Crippen LogP contribution in [0.25, 0.3) is 0 Å². The summed E-state index contributed by atoms with van der Waals surface area (Å²) in [6.45, 7) is 2.61. The Kier molecular flexibility index (Phi) is 7.00. The summed E-state index contributed by atoms with van der Waals surface area (Å²) in [7, 11) is -3.33. The summed E-state index contributed by atoms with van der Waals surface area (Å²) >= 11 is 1.57. The van der Waals surface area contributed by atoms with Crippen LogP contribution >= 0.6 is 11.3 Å². The second-order valence-electron chi connectivity index (χ2n) is 6.41. The fraction of sp³-hybridized carbons (Fsp3) is 0.238. The number of hydrogen-bond donors (Lipinski definition) is 1. The lowest BCUT2D eigenvalue weighted by Crippen LogP contribution is -2.26. The van der Waals surface area contributed by atoms with Crippen LogP contribution in [0.3, 0.4) is 0 Å². The number of nitrogens with one attached hydrogen (secondary N) is 1. The normalized spacial score (nSPS) is 11.2. The number of benzene rings is 2. The first-order chi connectivity index (χ1) is 13.9. The molecular weight excluding hydrogens is 408 g/mol. The zero-order chi connectivity index (χ0) is 20.7. The lowest BCUT2D eigenvalue weighted by atomic mass is 10.2. The highest BCUT2D eigenvalue weighted by Crippen LogP contribution is 2.16. The second kappa shape index (κ2) is 9.67. The van der Waals surface area contributed by atoms with Crippen molar-refractivity contribution in [1.82, 2.24) is 10.3 Å². The molecule has 8 heteroatoms. The maximum atomic E-state index is 12.2. The minimum absolute atomic E-state index is 0.0137. The molecule has 0 bridgehead atoms. The molecule has 3 rings (SSSR count). The van der Waals surface area contributed by atoms with E-state index in [1.165, 1.54) is 0 Å². The standard InChI is InChI=1S/C21H22N2O4S2/c1-16-23-18(15-28-16)14-27-19-10-8-17(9-11-19)21(24)22-12-5-13-29(25,26)20-6-3-2-4-7-20/h2-4,6-11,15H,5,12-14H2,1H3,(H,22,24). The van der Waals surface area contributed by atoms with E-state index >= 15 is 0 Å².